The summed E-state index contributed by atoms with van der Waals surface area (Å²) < 4.78 is 0. The van der Waals surface area contributed by atoms with Gasteiger partial charge in [-0.1, -0.05) is 37.6 Å². The van der Waals surface area contributed by atoms with Crippen molar-refractivity contribution in [1.29, 1.82) is 0 Å². The molecule has 1 aliphatic heterocycles. The van der Waals surface area contributed by atoms with Gasteiger partial charge in [0.05, 0.1) is 0 Å². The summed E-state index contributed by atoms with van der Waals surface area (Å²) in [5, 5.41) is 0. The maximum Gasteiger partial charge on any atom is 0.0427 e. The summed E-state index contributed by atoms with van der Waals surface area (Å²) in [5.74, 6) is 1.55. The molecule has 1 aliphatic rings. The Morgan fingerprint density at radius 1 is 1.25 bits per heavy atom. The SMILES string of the molecule is Cc1ccc(C(N)CN2CC(C)CC(C)C2C)c(C)c1. The number of hydrogen-bond donors (Lipinski definition) is 1. The Morgan fingerprint density at radius 3 is 2.60 bits per heavy atom. The monoisotopic (exact) mass is 274 g/mol. The van der Waals surface area contributed by atoms with Crippen molar-refractivity contribution in [2.75, 3.05) is 13.1 Å². The third kappa shape index (κ3) is 3.42. The van der Waals surface area contributed by atoms with Gasteiger partial charge >= 0.3 is 0 Å². The first kappa shape index (κ1) is 15.5. The predicted octanol–water partition coefficient (Wildman–Crippen LogP) is 3.67. The Balaban J connectivity index is 2.08. The van der Waals surface area contributed by atoms with Crippen molar-refractivity contribution in [1.82, 2.24) is 4.90 Å². The summed E-state index contributed by atoms with van der Waals surface area (Å²) in [6.07, 6.45) is 1.34. The lowest BCUT2D eigenvalue weighted by molar-refractivity contribution is 0.0741. The van der Waals surface area contributed by atoms with Crippen LogP contribution in [0.2, 0.25) is 0 Å². The Labute approximate surface area is 124 Å². The van der Waals surface area contributed by atoms with E-state index in [0.717, 1.165) is 18.4 Å². The molecular formula is C18H30N2. The maximum absolute atomic E-state index is 6.49. The minimum absolute atomic E-state index is 0.121. The summed E-state index contributed by atoms with van der Waals surface area (Å²) in [6.45, 7) is 13.6. The van der Waals surface area contributed by atoms with Crippen molar-refractivity contribution in [3.8, 4) is 0 Å². The molecule has 0 radical (unpaired) electrons. The van der Waals surface area contributed by atoms with E-state index in [-0.39, 0.29) is 6.04 Å². The highest BCUT2D eigenvalue weighted by Gasteiger charge is 2.29. The first-order valence-electron chi connectivity index (χ1n) is 7.95. The van der Waals surface area contributed by atoms with Gasteiger partial charge in [-0.2, -0.15) is 0 Å². The van der Waals surface area contributed by atoms with E-state index < -0.39 is 0 Å². The van der Waals surface area contributed by atoms with Crippen molar-refractivity contribution < 1.29 is 0 Å². The van der Waals surface area contributed by atoms with Crippen LogP contribution in [-0.2, 0) is 0 Å². The standard InChI is InChI=1S/C18H30N2/c1-12-6-7-17(15(4)8-12)18(19)11-20-10-13(2)9-14(3)16(20)5/h6-8,13-14,16,18H,9-11,19H2,1-5H3. The zero-order chi connectivity index (χ0) is 14.9. The van der Waals surface area contributed by atoms with E-state index in [4.69, 9.17) is 5.73 Å². The molecular weight excluding hydrogens is 244 g/mol. The smallest absolute Gasteiger partial charge is 0.0427 e. The Kier molecular flexibility index (Phi) is 4.87. The van der Waals surface area contributed by atoms with Crippen LogP contribution < -0.4 is 5.73 Å². The van der Waals surface area contributed by atoms with Crippen molar-refractivity contribution >= 4 is 0 Å². The molecule has 1 heterocycles. The number of likely N-dealkylation sites (tertiary alicyclic amines) is 1. The summed E-state index contributed by atoms with van der Waals surface area (Å²) in [4.78, 5) is 2.59. The van der Waals surface area contributed by atoms with Gasteiger partial charge < -0.3 is 5.73 Å². The van der Waals surface area contributed by atoms with Gasteiger partial charge in [-0.05, 0) is 50.2 Å². The van der Waals surface area contributed by atoms with Crippen LogP contribution in [0.4, 0.5) is 0 Å². The maximum atomic E-state index is 6.49. The minimum Gasteiger partial charge on any atom is -0.323 e. The Hall–Kier alpha value is -0.860. The average molecular weight is 274 g/mol. The van der Waals surface area contributed by atoms with Crippen LogP contribution in [0.15, 0.2) is 18.2 Å². The van der Waals surface area contributed by atoms with Crippen molar-refractivity contribution in [3.05, 3.63) is 34.9 Å². The molecule has 2 N–H and O–H groups in total. The number of hydrogen-bond acceptors (Lipinski definition) is 2. The summed E-state index contributed by atoms with van der Waals surface area (Å²) in [6, 6.07) is 7.38. The normalized spacial score (nSPS) is 29.4. The minimum atomic E-state index is 0.121. The van der Waals surface area contributed by atoms with E-state index in [1.807, 2.05) is 0 Å². The molecule has 2 heteroatoms. The number of aryl methyl sites for hydroxylation is 2. The van der Waals surface area contributed by atoms with Crippen LogP contribution in [0.3, 0.4) is 0 Å². The highest BCUT2D eigenvalue weighted by Crippen LogP contribution is 2.28. The fourth-order valence-electron chi connectivity index (χ4n) is 3.67. The predicted molar refractivity (Wildman–Crippen MR) is 86.8 cm³/mol. The van der Waals surface area contributed by atoms with E-state index in [1.54, 1.807) is 0 Å². The van der Waals surface area contributed by atoms with Crippen molar-refractivity contribution in [3.63, 3.8) is 0 Å². The molecule has 1 fully saturated rings. The highest BCUT2D eigenvalue weighted by atomic mass is 15.2. The molecule has 1 aromatic rings. The zero-order valence-electron chi connectivity index (χ0n) is 13.7. The van der Waals surface area contributed by atoms with Crippen LogP contribution in [0.5, 0.6) is 0 Å². The van der Waals surface area contributed by atoms with Gasteiger partial charge in [-0.25, -0.2) is 0 Å². The molecule has 2 nitrogen and oxygen atoms in total. The van der Waals surface area contributed by atoms with Gasteiger partial charge in [0.25, 0.3) is 0 Å². The molecule has 4 atom stereocenters. The number of nitrogens with zero attached hydrogens (tertiary/aromatic N) is 1. The quantitative estimate of drug-likeness (QED) is 0.911. The molecule has 112 valence electrons. The third-order valence-corrected chi connectivity index (χ3v) is 4.98. The third-order valence-electron chi connectivity index (χ3n) is 4.98. The molecule has 0 aliphatic carbocycles. The summed E-state index contributed by atoms with van der Waals surface area (Å²) in [7, 11) is 0. The highest BCUT2D eigenvalue weighted by molar-refractivity contribution is 5.32. The van der Waals surface area contributed by atoms with E-state index >= 15 is 0 Å². The Morgan fingerprint density at radius 2 is 1.95 bits per heavy atom. The van der Waals surface area contributed by atoms with Crippen LogP contribution in [-0.4, -0.2) is 24.0 Å². The van der Waals surface area contributed by atoms with E-state index in [9.17, 15) is 0 Å². The number of benzene rings is 1. The van der Waals surface area contributed by atoms with E-state index in [0.29, 0.717) is 6.04 Å². The molecule has 0 saturated carbocycles. The van der Waals surface area contributed by atoms with E-state index in [2.05, 4.69) is 57.7 Å². The number of piperidine rings is 1. The summed E-state index contributed by atoms with van der Waals surface area (Å²) >= 11 is 0. The topological polar surface area (TPSA) is 29.3 Å². The van der Waals surface area contributed by atoms with Gasteiger partial charge in [0.15, 0.2) is 0 Å². The van der Waals surface area contributed by atoms with E-state index in [1.165, 1.54) is 29.7 Å². The Bertz CT molecular complexity index is 455. The molecule has 0 aromatic heterocycles. The van der Waals surface area contributed by atoms with Crippen LogP contribution in [0.25, 0.3) is 0 Å². The largest absolute Gasteiger partial charge is 0.323 e. The zero-order valence-corrected chi connectivity index (χ0v) is 13.7. The molecule has 0 spiro atoms. The summed E-state index contributed by atoms with van der Waals surface area (Å²) in [5.41, 5.74) is 10.4. The molecule has 0 amide bonds. The lowest BCUT2D eigenvalue weighted by Crippen LogP contribution is -2.48. The molecule has 0 bridgehead atoms. The lowest BCUT2D eigenvalue weighted by Gasteiger charge is -2.42. The molecule has 20 heavy (non-hydrogen) atoms. The van der Waals surface area contributed by atoms with Gasteiger partial charge in [-0.3, -0.25) is 4.90 Å². The van der Waals surface area contributed by atoms with Crippen molar-refractivity contribution in [2.24, 2.45) is 17.6 Å². The first-order valence-corrected chi connectivity index (χ1v) is 7.95. The first-order chi connectivity index (χ1) is 9.38. The molecule has 4 unspecified atom stereocenters. The fourth-order valence-corrected chi connectivity index (χ4v) is 3.67. The lowest BCUT2D eigenvalue weighted by atomic mass is 9.85. The average Bonchev–Trinajstić information content (AvgIpc) is 2.35. The molecule has 1 saturated heterocycles. The van der Waals surface area contributed by atoms with Gasteiger partial charge in [-0.15, -0.1) is 0 Å². The van der Waals surface area contributed by atoms with Crippen LogP contribution >= 0.6 is 0 Å². The van der Waals surface area contributed by atoms with Gasteiger partial charge in [0, 0.05) is 25.2 Å². The van der Waals surface area contributed by atoms with Gasteiger partial charge in [0.2, 0.25) is 0 Å². The van der Waals surface area contributed by atoms with Crippen molar-refractivity contribution in [2.45, 2.75) is 53.1 Å². The van der Waals surface area contributed by atoms with Gasteiger partial charge in [0.1, 0.15) is 0 Å². The molecule has 2 rings (SSSR count). The molecule has 1 aromatic carbocycles. The second kappa shape index (κ2) is 6.28. The number of rotatable bonds is 3. The van der Waals surface area contributed by atoms with Crippen LogP contribution in [0, 0.1) is 25.7 Å². The second-order valence-corrected chi connectivity index (χ2v) is 6.98. The fraction of sp³-hybridized carbons (Fsp3) is 0.667. The number of nitrogens with two attached hydrogens (primary N) is 1. The second-order valence-electron chi connectivity index (χ2n) is 6.98. The van der Waals surface area contributed by atoms with Crippen LogP contribution in [0.1, 0.15) is 49.9 Å².